The van der Waals surface area contributed by atoms with Crippen molar-refractivity contribution in [1.82, 2.24) is 15.0 Å². The molecule has 10 nitrogen and oxygen atoms in total. The Morgan fingerprint density at radius 3 is 1.23 bits per heavy atom. The van der Waals surface area contributed by atoms with Gasteiger partial charge in [-0.25, -0.2) is 0 Å². The molecule has 87 heavy (non-hydrogen) atoms. The molecule has 11 rings (SSSR count). The minimum absolute atomic E-state index is 0.723. The molecule has 0 saturated heterocycles. The van der Waals surface area contributed by atoms with Crippen LogP contribution in [0.1, 0.15) is 66.3 Å². The van der Waals surface area contributed by atoms with E-state index in [0.29, 0.717) is 0 Å². The summed E-state index contributed by atoms with van der Waals surface area (Å²) < 4.78 is 30.2. The summed E-state index contributed by atoms with van der Waals surface area (Å²) in [7, 11) is 9.90. The van der Waals surface area contributed by atoms with Crippen LogP contribution in [0.2, 0.25) is 0 Å². The van der Waals surface area contributed by atoms with Crippen LogP contribution in [0, 0.1) is 87.5 Å². The number of ether oxygens (including phenoxy) is 6. The molecular formula is C75H88N4O6S2. The summed E-state index contributed by atoms with van der Waals surface area (Å²) in [6.45, 7) is 22.4. The number of thiophene rings is 2. The molecule has 11 aromatic rings. The van der Waals surface area contributed by atoms with Crippen LogP contribution in [0.15, 0.2) is 223 Å². The average molecular weight is 1210 g/mol. The number of hydrogen-bond acceptors (Lipinski definition) is 12. The largest absolute Gasteiger partial charge is 0.497 e. The number of nitrogens with zero attached hydrogens (tertiary/aromatic N) is 4. The summed E-state index contributed by atoms with van der Waals surface area (Å²) in [4.78, 5) is 13.8. The average Bonchev–Trinajstić information content (AvgIpc) is 4.46. The van der Waals surface area contributed by atoms with Crippen molar-refractivity contribution in [3.63, 3.8) is 0 Å². The summed E-state index contributed by atoms with van der Waals surface area (Å²) in [5.41, 5.74) is 13.7. The van der Waals surface area contributed by atoms with E-state index in [0.717, 1.165) is 68.1 Å². The van der Waals surface area contributed by atoms with E-state index in [1.165, 1.54) is 43.6 Å². The smallest absolute Gasteiger partial charge is 0.137 e. The lowest BCUT2D eigenvalue weighted by Crippen LogP contribution is -1.88. The minimum atomic E-state index is 0.723. The third kappa shape index (κ3) is 33.1. The van der Waals surface area contributed by atoms with Gasteiger partial charge in [0.25, 0.3) is 0 Å². The first-order valence-corrected chi connectivity index (χ1v) is 29.8. The van der Waals surface area contributed by atoms with Crippen LogP contribution >= 0.6 is 22.7 Å². The van der Waals surface area contributed by atoms with Crippen molar-refractivity contribution < 1.29 is 28.4 Å². The quantitative estimate of drug-likeness (QED) is 0.159. The molecule has 0 saturated carbocycles. The Hall–Kier alpha value is -9.28. The van der Waals surface area contributed by atoms with Gasteiger partial charge in [0, 0.05) is 46.2 Å². The molecule has 0 bridgehead atoms. The molecule has 0 fully saturated rings. The zero-order chi connectivity index (χ0) is 64.2. The molecule has 5 aromatic heterocycles. The molecule has 6 aromatic carbocycles. The summed E-state index contributed by atoms with van der Waals surface area (Å²) in [6.07, 6.45) is 5.40. The molecule has 0 N–H and O–H groups in total. The maximum Gasteiger partial charge on any atom is 0.137 e. The Morgan fingerprint density at radius 2 is 0.862 bits per heavy atom. The van der Waals surface area contributed by atoms with Gasteiger partial charge in [0.15, 0.2) is 0 Å². The van der Waals surface area contributed by atoms with E-state index >= 15 is 0 Å². The predicted molar refractivity (Wildman–Crippen MR) is 367 cm³/mol. The van der Waals surface area contributed by atoms with Crippen molar-refractivity contribution >= 4 is 33.6 Å². The van der Waals surface area contributed by atoms with Crippen LogP contribution in [-0.4, -0.2) is 57.6 Å². The highest BCUT2D eigenvalue weighted by molar-refractivity contribution is 7.09. The van der Waals surface area contributed by atoms with E-state index in [4.69, 9.17) is 33.7 Å². The highest BCUT2D eigenvalue weighted by atomic mass is 32.1. The van der Waals surface area contributed by atoms with E-state index < -0.39 is 0 Å². The second-order valence-electron chi connectivity index (χ2n) is 19.3. The van der Waals surface area contributed by atoms with Crippen molar-refractivity contribution in [2.75, 3.05) is 42.7 Å². The van der Waals surface area contributed by atoms with Gasteiger partial charge < -0.3 is 28.4 Å². The van der Waals surface area contributed by atoms with Crippen LogP contribution < -0.4 is 28.4 Å². The summed E-state index contributed by atoms with van der Waals surface area (Å²) in [6, 6.07) is 63.7. The van der Waals surface area contributed by atoms with Crippen LogP contribution in [-0.2, 0) is 0 Å². The molecule has 456 valence electrons. The van der Waals surface area contributed by atoms with E-state index in [9.17, 15) is 0 Å². The standard InChI is InChI=1S/C10H9N.2C9H12O2.C8H7N.C8H10O.C7H9NO.C7H9N.C7H8.2C5H6S/c1-8-4-2-5-9-6-3-7-11-10(8)9;2*1-7-4-5-8(10-2)6-9(7)11-3;1-7-2-4-8(6-9)5-3-7;1-7-3-5-8(9-2)6-4-7;1-6-3-4-7(9-2)5-8-6;1-6-3-4-7(2)8-5-6;1-7-5-3-2-4-6-7;1-5-2-3-6-4-5;1-5-3-2-4-6-5/h2-7H,1H3;2*4-6H,1-3H3;2-5H,1H3;3-6H,1-2H3;3-5H,1-2H3;3-5H,1-2H3;2-6H,1H3;2*2-4H,1H3. The third-order valence-electron chi connectivity index (χ3n) is 11.9. The second kappa shape index (κ2) is 44.2. The van der Waals surface area contributed by atoms with Crippen molar-refractivity contribution in [1.29, 1.82) is 5.26 Å². The number of rotatable bonds is 6. The van der Waals surface area contributed by atoms with Crippen molar-refractivity contribution in [2.24, 2.45) is 0 Å². The lowest BCUT2D eigenvalue weighted by atomic mass is 10.1. The Kier molecular flexibility index (Phi) is 37.5. The number of nitriles is 1. The summed E-state index contributed by atoms with van der Waals surface area (Å²) in [5.74, 6) is 5.11. The Morgan fingerprint density at radius 1 is 0.368 bits per heavy atom. The van der Waals surface area contributed by atoms with Crippen molar-refractivity contribution in [3.8, 4) is 40.6 Å². The fourth-order valence-corrected chi connectivity index (χ4v) is 7.95. The van der Waals surface area contributed by atoms with Gasteiger partial charge in [0.05, 0.1) is 66.0 Å². The van der Waals surface area contributed by atoms with Gasteiger partial charge in [0.2, 0.25) is 0 Å². The highest BCUT2D eigenvalue weighted by Crippen LogP contribution is 2.24. The maximum atomic E-state index is 8.38. The Labute approximate surface area is 527 Å². The second-order valence-corrected chi connectivity index (χ2v) is 21.2. The molecule has 0 atom stereocenters. The van der Waals surface area contributed by atoms with Gasteiger partial charge in [-0.2, -0.15) is 16.6 Å². The van der Waals surface area contributed by atoms with Crippen LogP contribution in [0.5, 0.6) is 34.5 Å². The van der Waals surface area contributed by atoms with Gasteiger partial charge in [-0.05, 0) is 193 Å². The zero-order valence-electron chi connectivity index (χ0n) is 53.9. The molecule has 0 spiro atoms. The topological polar surface area (TPSA) is 118 Å². The van der Waals surface area contributed by atoms with Gasteiger partial charge in [-0.3, -0.25) is 15.0 Å². The number of hydrogen-bond donors (Lipinski definition) is 0. The third-order valence-corrected chi connectivity index (χ3v) is 13.6. The molecule has 0 radical (unpaired) electrons. The van der Waals surface area contributed by atoms with Gasteiger partial charge in [0.1, 0.15) is 34.5 Å². The minimum Gasteiger partial charge on any atom is -0.497 e. The van der Waals surface area contributed by atoms with Crippen molar-refractivity contribution in [2.45, 2.75) is 76.2 Å². The first-order chi connectivity index (χ1) is 41.9. The first kappa shape index (κ1) is 73.8. The van der Waals surface area contributed by atoms with E-state index in [-0.39, 0.29) is 0 Å². The molecule has 0 aliphatic carbocycles. The summed E-state index contributed by atoms with van der Waals surface area (Å²) in [5, 5.41) is 15.9. The molecule has 12 heteroatoms. The van der Waals surface area contributed by atoms with Crippen LogP contribution in [0.25, 0.3) is 10.9 Å². The molecular weight excluding hydrogens is 1120 g/mol. The molecule has 0 aliphatic rings. The van der Waals surface area contributed by atoms with Gasteiger partial charge in [-0.15, -0.1) is 11.3 Å². The Bertz CT molecular complexity index is 3380. The number of fused-ring (bicyclic) bond motifs is 1. The van der Waals surface area contributed by atoms with E-state index in [1.807, 2.05) is 181 Å². The monoisotopic (exact) mass is 1200 g/mol. The predicted octanol–water partition coefficient (Wildman–Crippen LogP) is 19.6. The fraction of sp³-hybridized carbons (Fsp3) is 0.227. The lowest BCUT2D eigenvalue weighted by Gasteiger charge is -2.05. The van der Waals surface area contributed by atoms with Crippen LogP contribution in [0.4, 0.5) is 0 Å². The van der Waals surface area contributed by atoms with Gasteiger partial charge >= 0.3 is 0 Å². The maximum absolute atomic E-state index is 8.38. The number of pyridine rings is 3. The fourth-order valence-electron chi connectivity index (χ4n) is 6.76. The molecule has 5 heterocycles. The van der Waals surface area contributed by atoms with E-state index in [2.05, 4.69) is 132 Å². The van der Waals surface area contributed by atoms with Gasteiger partial charge in [-0.1, -0.05) is 120 Å². The SMILES string of the molecule is COc1ccc(C)c(OC)c1.COc1ccc(C)c(OC)c1.COc1ccc(C)cc1.COc1ccc(C)nc1.Cc1ccc(C#N)cc1.Cc1ccc(C)nc1.Cc1cccc2cccnc12.Cc1ccccc1.Cc1cccs1.Cc1ccsc1. The number of benzene rings is 6. The highest BCUT2D eigenvalue weighted by Gasteiger charge is 2.00. The van der Waals surface area contributed by atoms with Crippen molar-refractivity contribution in [3.05, 3.63) is 289 Å². The number of aromatic nitrogens is 3. The molecule has 0 aliphatic heterocycles. The number of methoxy groups -OCH3 is 6. The molecule has 0 amide bonds. The number of aryl methyl sites for hydroxylation is 11. The summed E-state index contributed by atoms with van der Waals surface area (Å²) >= 11 is 3.52. The number of para-hydroxylation sites is 1. The lowest BCUT2D eigenvalue weighted by molar-refractivity contribution is 0.392. The van der Waals surface area contributed by atoms with E-state index in [1.54, 1.807) is 71.5 Å². The van der Waals surface area contributed by atoms with Crippen LogP contribution in [0.3, 0.4) is 0 Å². The Balaban J connectivity index is 0.000000332. The zero-order valence-corrected chi connectivity index (χ0v) is 55.5. The first-order valence-electron chi connectivity index (χ1n) is 28.0. The normalized spacial score (nSPS) is 9.20. The molecule has 0 unspecified atom stereocenters.